The quantitative estimate of drug-likeness (QED) is 0.733. The Morgan fingerprint density at radius 1 is 1.18 bits per heavy atom. The van der Waals surface area contributed by atoms with E-state index in [2.05, 4.69) is 4.74 Å². The molecule has 0 saturated carbocycles. The molecule has 1 aromatic carbocycles. The van der Waals surface area contributed by atoms with Crippen molar-refractivity contribution in [1.82, 2.24) is 5.32 Å². The van der Waals surface area contributed by atoms with E-state index in [0.717, 1.165) is 0 Å². The van der Waals surface area contributed by atoms with Gasteiger partial charge in [0.25, 0.3) is 5.91 Å². The van der Waals surface area contributed by atoms with Gasteiger partial charge < -0.3 is 14.2 Å². The number of carbonyl (C=O) groups excluding carboxylic acids is 2. The summed E-state index contributed by atoms with van der Waals surface area (Å²) in [6.45, 7) is 0.185. The number of hydrogen-bond donors (Lipinski definition) is 1. The molecule has 1 fully saturated rings. The van der Waals surface area contributed by atoms with Crippen LogP contribution in [0.2, 0.25) is 0 Å². The van der Waals surface area contributed by atoms with Crippen molar-refractivity contribution in [2.24, 2.45) is 0 Å². The molecule has 2 amide bonds. The van der Waals surface area contributed by atoms with Gasteiger partial charge in [-0.3, -0.25) is 10.1 Å². The second kappa shape index (κ2) is 3.51. The van der Waals surface area contributed by atoms with Crippen molar-refractivity contribution < 1.29 is 23.8 Å². The smallest absolute Gasteiger partial charge is 0.419 e. The summed E-state index contributed by atoms with van der Waals surface area (Å²) in [4.78, 5) is 22.0. The Morgan fingerprint density at radius 2 is 2.00 bits per heavy atom. The molecule has 1 N–H and O–H groups in total. The number of amides is 2. The van der Waals surface area contributed by atoms with E-state index in [0.29, 0.717) is 17.1 Å². The first-order chi connectivity index (χ1) is 8.22. The third kappa shape index (κ3) is 1.69. The molecule has 2 heterocycles. The minimum absolute atomic E-state index is 0.0335. The van der Waals surface area contributed by atoms with E-state index in [4.69, 9.17) is 9.47 Å². The summed E-state index contributed by atoms with van der Waals surface area (Å²) in [7, 11) is 0. The van der Waals surface area contributed by atoms with Crippen LogP contribution in [-0.2, 0) is 9.53 Å². The van der Waals surface area contributed by atoms with Gasteiger partial charge in [-0.05, 0) is 23.8 Å². The molecule has 6 heteroatoms. The zero-order chi connectivity index (χ0) is 11.8. The third-order valence-electron chi connectivity index (χ3n) is 2.34. The van der Waals surface area contributed by atoms with Crippen LogP contribution < -0.4 is 14.8 Å². The second-order valence-corrected chi connectivity index (χ2v) is 3.46. The Hall–Kier alpha value is -2.50. The van der Waals surface area contributed by atoms with Gasteiger partial charge >= 0.3 is 6.09 Å². The molecule has 0 bridgehead atoms. The molecule has 6 nitrogen and oxygen atoms in total. The van der Waals surface area contributed by atoms with Gasteiger partial charge in [0.1, 0.15) is 0 Å². The predicted molar refractivity (Wildman–Crippen MR) is 55.2 cm³/mol. The van der Waals surface area contributed by atoms with Gasteiger partial charge in [-0.25, -0.2) is 4.79 Å². The number of hydrogen-bond acceptors (Lipinski definition) is 5. The first-order valence-electron chi connectivity index (χ1n) is 4.87. The lowest BCUT2D eigenvalue weighted by Gasteiger charge is -1.98. The Labute approximate surface area is 95.8 Å². The highest BCUT2D eigenvalue weighted by Crippen LogP contribution is 2.33. The van der Waals surface area contributed by atoms with Crippen LogP contribution in [0.25, 0.3) is 6.08 Å². The minimum atomic E-state index is -0.762. The van der Waals surface area contributed by atoms with Crippen LogP contribution in [0.4, 0.5) is 4.79 Å². The lowest BCUT2D eigenvalue weighted by molar-refractivity contribution is -0.116. The maximum Gasteiger partial charge on any atom is 0.419 e. The van der Waals surface area contributed by atoms with Gasteiger partial charge in [0, 0.05) is 0 Å². The van der Waals surface area contributed by atoms with Crippen molar-refractivity contribution in [2.75, 3.05) is 6.79 Å². The Bertz CT molecular complexity index is 549. The van der Waals surface area contributed by atoms with Gasteiger partial charge in [-0.15, -0.1) is 0 Å². The maximum absolute atomic E-state index is 11.2. The fraction of sp³-hybridized carbons (Fsp3) is 0.0909. The summed E-state index contributed by atoms with van der Waals surface area (Å²) in [6.07, 6.45) is 0.698. The molecular formula is C11H7NO5. The molecule has 3 rings (SSSR count). The topological polar surface area (TPSA) is 73.9 Å². The number of rotatable bonds is 1. The average Bonchev–Trinajstić information content (AvgIpc) is 2.85. The molecule has 0 unspecified atom stereocenters. The fourth-order valence-corrected chi connectivity index (χ4v) is 1.58. The van der Waals surface area contributed by atoms with E-state index in [1.807, 2.05) is 5.32 Å². The highest BCUT2D eigenvalue weighted by Gasteiger charge is 2.26. The lowest BCUT2D eigenvalue weighted by Crippen LogP contribution is -2.18. The predicted octanol–water partition coefficient (Wildman–Crippen LogP) is 1.02. The van der Waals surface area contributed by atoms with Gasteiger partial charge in [0.05, 0.1) is 0 Å². The van der Waals surface area contributed by atoms with Crippen molar-refractivity contribution in [3.05, 3.63) is 29.5 Å². The number of alkyl carbamates (subject to hydrolysis) is 1. The molecule has 86 valence electrons. The number of benzene rings is 1. The number of imide groups is 1. The van der Waals surface area contributed by atoms with Crippen molar-refractivity contribution in [3.63, 3.8) is 0 Å². The highest BCUT2D eigenvalue weighted by molar-refractivity contribution is 6.09. The Morgan fingerprint density at radius 3 is 2.76 bits per heavy atom. The van der Waals surface area contributed by atoms with E-state index in [-0.39, 0.29) is 12.6 Å². The zero-order valence-corrected chi connectivity index (χ0v) is 8.56. The lowest BCUT2D eigenvalue weighted by atomic mass is 10.2. The third-order valence-corrected chi connectivity index (χ3v) is 2.34. The molecule has 2 aliphatic heterocycles. The van der Waals surface area contributed by atoms with E-state index < -0.39 is 12.0 Å². The minimum Gasteiger partial charge on any atom is -0.454 e. The molecule has 0 atom stereocenters. The van der Waals surface area contributed by atoms with E-state index >= 15 is 0 Å². The zero-order valence-electron chi connectivity index (χ0n) is 8.56. The average molecular weight is 233 g/mol. The Balaban J connectivity index is 1.93. The summed E-state index contributed by atoms with van der Waals surface area (Å²) < 4.78 is 15.0. The molecule has 1 aromatic rings. The normalized spacial score (nSPS) is 19.4. The number of carbonyl (C=O) groups is 2. The molecule has 17 heavy (non-hydrogen) atoms. The summed E-state index contributed by atoms with van der Waals surface area (Å²) in [5.41, 5.74) is 0.689. The van der Waals surface area contributed by atoms with Crippen molar-refractivity contribution in [1.29, 1.82) is 0 Å². The summed E-state index contributed by atoms with van der Waals surface area (Å²) >= 11 is 0. The standard InChI is InChI=1S/C11H7NO5/c13-10-9(17-11(14)12-10)4-6-1-2-7-8(3-6)16-5-15-7/h1-4H,5H2,(H,12,13,14)/b9-4+. The van der Waals surface area contributed by atoms with Crippen LogP contribution in [0.5, 0.6) is 11.5 Å². The monoisotopic (exact) mass is 233 g/mol. The number of fused-ring (bicyclic) bond motifs is 1. The molecule has 2 aliphatic rings. The maximum atomic E-state index is 11.2. The van der Waals surface area contributed by atoms with Crippen LogP contribution in [0.3, 0.4) is 0 Å². The molecule has 0 aromatic heterocycles. The van der Waals surface area contributed by atoms with Gasteiger partial charge in [0.15, 0.2) is 17.3 Å². The number of cyclic esters (lactones) is 1. The molecule has 0 spiro atoms. The number of nitrogens with one attached hydrogen (secondary N) is 1. The largest absolute Gasteiger partial charge is 0.454 e. The highest BCUT2D eigenvalue weighted by atomic mass is 16.7. The van der Waals surface area contributed by atoms with E-state index in [1.54, 1.807) is 18.2 Å². The van der Waals surface area contributed by atoms with Crippen molar-refractivity contribution in [2.45, 2.75) is 0 Å². The SMILES string of the molecule is O=C1NC(=O)/C(=C\c2ccc3c(c2)OCO3)O1. The summed E-state index contributed by atoms with van der Waals surface area (Å²) in [5, 5.41) is 2.02. The molecule has 1 saturated heterocycles. The second-order valence-electron chi connectivity index (χ2n) is 3.46. The van der Waals surface area contributed by atoms with Gasteiger partial charge in [-0.2, -0.15) is 0 Å². The summed E-state index contributed by atoms with van der Waals surface area (Å²) in [6, 6.07) is 5.16. The van der Waals surface area contributed by atoms with Crippen LogP contribution in [0, 0.1) is 0 Å². The fourth-order valence-electron chi connectivity index (χ4n) is 1.58. The van der Waals surface area contributed by atoms with Crippen LogP contribution in [-0.4, -0.2) is 18.8 Å². The van der Waals surface area contributed by atoms with Gasteiger partial charge in [-0.1, -0.05) is 6.07 Å². The first kappa shape index (κ1) is 9.71. The first-order valence-corrected chi connectivity index (χ1v) is 4.87. The van der Waals surface area contributed by atoms with Crippen molar-refractivity contribution in [3.8, 4) is 11.5 Å². The van der Waals surface area contributed by atoms with Crippen LogP contribution in [0.15, 0.2) is 24.0 Å². The molecule has 0 aliphatic carbocycles. The van der Waals surface area contributed by atoms with Crippen molar-refractivity contribution >= 4 is 18.1 Å². The van der Waals surface area contributed by atoms with Crippen LogP contribution >= 0.6 is 0 Å². The number of ether oxygens (including phenoxy) is 3. The molecule has 0 radical (unpaired) electrons. The van der Waals surface area contributed by atoms with E-state index in [9.17, 15) is 9.59 Å². The molecular weight excluding hydrogens is 226 g/mol. The van der Waals surface area contributed by atoms with Gasteiger partial charge in [0.2, 0.25) is 6.79 Å². The Kier molecular flexibility index (Phi) is 2.01. The van der Waals surface area contributed by atoms with E-state index in [1.165, 1.54) is 6.08 Å². The van der Waals surface area contributed by atoms with Crippen LogP contribution in [0.1, 0.15) is 5.56 Å². The summed E-state index contributed by atoms with van der Waals surface area (Å²) in [5.74, 6) is 0.672.